The van der Waals surface area contributed by atoms with Crippen LogP contribution in [0.2, 0.25) is 0 Å². The Morgan fingerprint density at radius 3 is 3.08 bits per heavy atom. The molecule has 1 aromatic carbocycles. The van der Waals surface area contributed by atoms with Crippen molar-refractivity contribution in [2.24, 2.45) is 0 Å². The second-order valence-corrected chi connectivity index (χ2v) is 4.17. The summed E-state index contributed by atoms with van der Waals surface area (Å²) in [4.78, 5) is 0. The van der Waals surface area contributed by atoms with Gasteiger partial charge in [-0.25, -0.2) is 0 Å². The van der Waals surface area contributed by atoms with Crippen molar-refractivity contribution in [3.63, 3.8) is 0 Å². The first-order valence-corrected chi connectivity index (χ1v) is 5.03. The van der Waals surface area contributed by atoms with Crippen LogP contribution in [0, 0.1) is 0 Å². The molecule has 1 nitrogen and oxygen atoms in total. The van der Waals surface area contributed by atoms with Gasteiger partial charge in [-0.05, 0) is 42.5 Å². The van der Waals surface area contributed by atoms with Gasteiger partial charge in [0.15, 0.2) is 0 Å². The van der Waals surface area contributed by atoms with Gasteiger partial charge in [-0.3, -0.25) is 0 Å². The van der Waals surface area contributed by atoms with Gasteiger partial charge in [0.1, 0.15) is 0 Å². The largest absolute Gasteiger partial charge is 0.388 e. The van der Waals surface area contributed by atoms with E-state index in [0.29, 0.717) is 0 Å². The number of fused-ring (bicyclic) bond motifs is 1. The molecule has 1 N–H and O–H groups in total. The Morgan fingerprint density at radius 1 is 1.42 bits per heavy atom. The van der Waals surface area contributed by atoms with Crippen molar-refractivity contribution in [3.05, 3.63) is 33.8 Å². The summed E-state index contributed by atoms with van der Waals surface area (Å²) in [5.74, 6) is 0. The molecule has 1 aliphatic rings. The molecule has 0 heterocycles. The summed E-state index contributed by atoms with van der Waals surface area (Å²) >= 11 is 3.41. The highest BCUT2D eigenvalue weighted by molar-refractivity contribution is 9.10. The third-order valence-corrected chi connectivity index (χ3v) is 2.88. The smallest absolute Gasteiger partial charge is 0.0793 e. The number of hydrogen-bond acceptors (Lipinski definition) is 1. The maximum absolute atomic E-state index is 9.66. The Labute approximate surface area is 80.5 Å². The number of aliphatic hydroxyl groups excluding tert-OH is 1. The van der Waals surface area contributed by atoms with Crippen LogP contribution in [-0.4, -0.2) is 5.11 Å². The molecule has 12 heavy (non-hydrogen) atoms. The average molecular weight is 227 g/mol. The number of halogens is 1. The molecule has 0 saturated carbocycles. The summed E-state index contributed by atoms with van der Waals surface area (Å²) in [6, 6.07) is 6.16. The fraction of sp³-hybridized carbons (Fsp3) is 0.400. The van der Waals surface area contributed by atoms with Gasteiger partial charge < -0.3 is 5.11 Å². The number of rotatable bonds is 0. The maximum Gasteiger partial charge on any atom is 0.0793 e. The topological polar surface area (TPSA) is 20.2 Å². The molecule has 0 saturated heterocycles. The van der Waals surface area contributed by atoms with Gasteiger partial charge in [-0.2, -0.15) is 0 Å². The van der Waals surface area contributed by atoms with E-state index in [4.69, 9.17) is 0 Å². The van der Waals surface area contributed by atoms with Crippen molar-refractivity contribution in [3.8, 4) is 0 Å². The second kappa shape index (κ2) is 3.19. The zero-order valence-electron chi connectivity index (χ0n) is 6.76. The zero-order chi connectivity index (χ0) is 8.55. The van der Waals surface area contributed by atoms with Crippen LogP contribution >= 0.6 is 15.9 Å². The van der Waals surface area contributed by atoms with Crippen LogP contribution in [0.3, 0.4) is 0 Å². The summed E-state index contributed by atoms with van der Waals surface area (Å²) in [6.07, 6.45) is 2.88. The number of aryl methyl sites for hydroxylation is 1. The lowest BCUT2D eigenvalue weighted by atomic mass is 9.90. The highest BCUT2D eigenvalue weighted by atomic mass is 79.9. The van der Waals surface area contributed by atoms with Crippen molar-refractivity contribution in [2.75, 3.05) is 0 Å². The number of hydrogen-bond donors (Lipinski definition) is 1. The standard InChI is InChI=1S/C10H11BrO/c11-8-5-4-7-2-1-3-10(12)9(7)6-8/h4-6,10,12H,1-3H2. The quantitative estimate of drug-likeness (QED) is 0.722. The SMILES string of the molecule is OC1CCCc2ccc(Br)cc21. The average Bonchev–Trinajstić information content (AvgIpc) is 2.07. The Morgan fingerprint density at radius 2 is 2.25 bits per heavy atom. The molecule has 0 bridgehead atoms. The lowest BCUT2D eigenvalue weighted by Crippen LogP contribution is -2.08. The fourth-order valence-corrected chi connectivity index (χ4v) is 2.12. The minimum atomic E-state index is -0.244. The third kappa shape index (κ3) is 1.41. The predicted octanol–water partition coefficient (Wildman–Crippen LogP) is 2.82. The van der Waals surface area contributed by atoms with Gasteiger partial charge >= 0.3 is 0 Å². The van der Waals surface area contributed by atoms with Crippen LogP contribution in [0.1, 0.15) is 30.1 Å². The van der Waals surface area contributed by atoms with Crippen LogP contribution in [0.4, 0.5) is 0 Å². The molecule has 2 heteroatoms. The number of benzene rings is 1. The lowest BCUT2D eigenvalue weighted by molar-refractivity contribution is 0.156. The van der Waals surface area contributed by atoms with E-state index in [1.807, 2.05) is 12.1 Å². The van der Waals surface area contributed by atoms with Gasteiger partial charge in [-0.1, -0.05) is 22.0 Å². The first-order valence-electron chi connectivity index (χ1n) is 4.24. The summed E-state index contributed by atoms with van der Waals surface area (Å²) in [5.41, 5.74) is 2.41. The molecule has 1 unspecified atom stereocenters. The van der Waals surface area contributed by atoms with Crippen LogP contribution in [0.15, 0.2) is 22.7 Å². The molecule has 0 fully saturated rings. The van der Waals surface area contributed by atoms with E-state index in [0.717, 1.165) is 29.3 Å². The van der Waals surface area contributed by atoms with Gasteiger partial charge in [-0.15, -0.1) is 0 Å². The van der Waals surface area contributed by atoms with E-state index in [9.17, 15) is 5.11 Å². The molecule has 1 aliphatic carbocycles. The van der Waals surface area contributed by atoms with E-state index >= 15 is 0 Å². The minimum Gasteiger partial charge on any atom is -0.388 e. The summed E-state index contributed by atoms with van der Waals surface area (Å²) in [6.45, 7) is 0. The first kappa shape index (κ1) is 8.27. The highest BCUT2D eigenvalue weighted by Crippen LogP contribution is 2.31. The molecule has 0 aromatic heterocycles. The zero-order valence-corrected chi connectivity index (χ0v) is 8.34. The molecule has 64 valence electrons. The van der Waals surface area contributed by atoms with Crippen LogP contribution in [0.25, 0.3) is 0 Å². The number of aliphatic hydroxyl groups is 1. The van der Waals surface area contributed by atoms with Gasteiger partial charge in [0.05, 0.1) is 6.10 Å². The van der Waals surface area contributed by atoms with E-state index in [1.54, 1.807) is 0 Å². The van der Waals surface area contributed by atoms with Crippen molar-refractivity contribution < 1.29 is 5.11 Å². The molecule has 0 radical (unpaired) electrons. The molecular formula is C10H11BrO. The second-order valence-electron chi connectivity index (χ2n) is 3.25. The monoisotopic (exact) mass is 226 g/mol. The van der Waals surface area contributed by atoms with E-state index in [1.165, 1.54) is 5.56 Å². The summed E-state index contributed by atoms with van der Waals surface area (Å²) in [7, 11) is 0. The van der Waals surface area contributed by atoms with Crippen LogP contribution in [-0.2, 0) is 6.42 Å². The molecular weight excluding hydrogens is 216 g/mol. The van der Waals surface area contributed by atoms with Gasteiger partial charge in [0.2, 0.25) is 0 Å². The van der Waals surface area contributed by atoms with E-state index in [-0.39, 0.29) is 6.10 Å². The molecule has 1 atom stereocenters. The summed E-state index contributed by atoms with van der Waals surface area (Å²) < 4.78 is 1.06. The molecule has 0 aliphatic heterocycles. The summed E-state index contributed by atoms with van der Waals surface area (Å²) in [5, 5.41) is 9.66. The van der Waals surface area contributed by atoms with Crippen molar-refractivity contribution >= 4 is 15.9 Å². The minimum absolute atomic E-state index is 0.244. The van der Waals surface area contributed by atoms with Gasteiger partial charge in [0.25, 0.3) is 0 Å². The van der Waals surface area contributed by atoms with Crippen LogP contribution in [0.5, 0.6) is 0 Å². The Hall–Kier alpha value is -0.340. The Kier molecular flexibility index (Phi) is 2.20. The van der Waals surface area contributed by atoms with Gasteiger partial charge in [0, 0.05) is 4.47 Å². The van der Waals surface area contributed by atoms with E-state index in [2.05, 4.69) is 22.0 Å². The Bertz CT molecular complexity index is 296. The van der Waals surface area contributed by atoms with Crippen molar-refractivity contribution in [2.45, 2.75) is 25.4 Å². The first-order chi connectivity index (χ1) is 5.77. The molecule has 1 aromatic rings. The van der Waals surface area contributed by atoms with Crippen molar-refractivity contribution in [1.82, 2.24) is 0 Å². The fourth-order valence-electron chi connectivity index (χ4n) is 1.75. The van der Waals surface area contributed by atoms with E-state index < -0.39 is 0 Å². The lowest BCUT2D eigenvalue weighted by Gasteiger charge is -2.21. The maximum atomic E-state index is 9.66. The normalized spacial score (nSPS) is 22.0. The molecule has 2 rings (SSSR count). The third-order valence-electron chi connectivity index (χ3n) is 2.39. The van der Waals surface area contributed by atoms with Crippen molar-refractivity contribution in [1.29, 1.82) is 0 Å². The van der Waals surface area contributed by atoms with Crippen LogP contribution < -0.4 is 0 Å². The predicted molar refractivity (Wildman–Crippen MR) is 52.0 cm³/mol. The Balaban J connectivity index is 2.47. The highest BCUT2D eigenvalue weighted by Gasteiger charge is 2.17. The molecule has 0 amide bonds. The molecule has 0 spiro atoms.